The van der Waals surface area contributed by atoms with E-state index in [1.807, 2.05) is 11.8 Å². The summed E-state index contributed by atoms with van der Waals surface area (Å²) in [5.41, 5.74) is 0.367. The summed E-state index contributed by atoms with van der Waals surface area (Å²) in [5, 5.41) is 0. The Bertz CT molecular complexity index is 410. The van der Waals surface area contributed by atoms with Crippen LogP contribution in [0.15, 0.2) is 18.2 Å². The molecule has 0 saturated heterocycles. The van der Waals surface area contributed by atoms with Gasteiger partial charge in [-0.05, 0) is 25.5 Å². The number of alkyl halides is 2. The van der Waals surface area contributed by atoms with Gasteiger partial charge in [0.25, 0.3) is 0 Å². The van der Waals surface area contributed by atoms with Gasteiger partial charge in [-0.1, -0.05) is 13.3 Å². The standard InChI is InChI=1S/C14H19Cl2F2N/c1-3-4-7-19(10-14(2,16)9-15)13-6-5-11(17)8-12(13)18/h5-6,8H,3-4,7,9-10H2,1-2H3. The number of nitrogens with zero attached hydrogens (tertiary/aromatic N) is 1. The van der Waals surface area contributed by atoms with Crippen molar-refractivity contribution in [2.45, 2.75) is 31.6 Å². The molecular weight excluding hydrogens is 291 g/mol. The molecule has 19 heavy (non-hydrogen) atoms. The molecule has 1 aromatic carbocycles. The van der Waals surface area contributed by atoms with Gasteiger partial charge >= 0.3 is 0 Å². The molecule has 0 aliphatic heterocycles. The lowest BCUT2D eigenvalue weighted by molar-refractivity contribution is 0.567. The summed E-state index contributed by atoms with van der Waals surface area (Å²) in [4.78, 5) is 1.18. The van der Waals surface area contributed by atoms with Crippen LogP contribution in [0.4, 0.5) is 14.5 Å². The summed E-state index contributed by atoms with van der Waals surface area (Å²) < 4.78 is 26.8. The maximum atomic E-state index is 13.8. The quantitative estimate of drug-likeness (QED) is 0.653. The Morgan fingerprint density at radius 1 is 1.32 bits per heavy atom. The second-order valence-corrected chi connectivity index (χ2v) is 6.10. The van der Waals surface area contributed by atoms with E-state index in [2.05, 4.69) is 6.92 Å². The van der Waals surface area contributed by atoms with Gasteiger partial charge in [-0.3, -0.25) is 0 Å². The van der Waals surface area contributed by atoms with Crippen molar-refractivity contribution in [3.05, 3.63) is 29.8 Å². The fourth-order valence-corrected chi connectivity index (χ4v) is 2.04. The molecule has 0 amide bonds. The topological polar surface area (TPSA) is 3.24 Å². The van der Waals surface area contributed by atoms with Crippen molar-refractivity contribution in [3.8, 4) is 0 Å². The SMILES string of the molecule is CCCCN(CC(C)(Cl)CCl)c1ccc(F)cc1F. The number of anilines is 1. The van der Waals surface area contributed by atoms with Crippen LogP contribution in [-0.2, 0) is 0 Å². The number of halogens is 4. The van der Waals surface area contributed by atoms with E-state index in [0.29, 0.717) is 18.8 Å². The number of benzene rings is 1. The average molecular weight is 310 g/mol. The molecule has 1 atom stereocenters. The molecule has 1 nitrogen and oxygen atoms in total. The number of hydrogen-bond acceptors (Lipinski definition) is 1. The lowest BCUT2D eigenvalue weighted by Gasteiger charge is -2.31. The van der Waals surface area contributed by atoms with Gasteiger partial charge in [-0.15, -0.1) is 23.2 Å². The van der Waals surface area contributed by atoms with Gasteiger partial charge in [0, 0.05) is 25.0 Å². The second kappa shape index (κ2) is 7.30. The maximum absolute atomic E-state index is 13.8. The van der Waals surface area contributed by atoms with Crippen LogP contribution in [0.25, 0.3) is 0 Å². The summed E-state index contributed by atoms with van der Waals surface area (Å²) in [5.74, 6) is -0.888. The van der Waals surface area contributed by atoms with E-state index >= 15 is 0 Å². The average Bonchev–Trinajstić information content (AvgIpc) is 2.35. The highest BCUT2D eigenvalue weighted by molar-refractivity contribution is 6.30. The largest absolute Gasteiger partial charge is 0.367 e. The fraction of sp³-hybridized carbons (Fsp3) is 0.571. The van der Waals surface area contributed by atoms with E-state index in [4.69, 9.17) is 23.2 Å². The first kappa shape index (κ1) is 16.5. The third-order valence-electron chi connectivity index (χ3n) is 2.83. The Hall–Kier alpha value is -0.540. The predicted molar refractivity (Wildman–Crippen MR) is 78.5 cm³/mol. The minimum Gasteiger partial charge on any atom is -0.367 e. The number of hydrogen-bond donors (Lipinski definition) is 0. The molecule has 0 fully saturated rings. The van der Waals surface area contributed by atoms with Crippen LogP contribution in [-0.4, -0.2) is 23.8 Å². The Balaban J connectivity index is 2.95. The first-order valence-electron chi connectivity index (χ1n) is 6.34. The van der Waals surface area contributed by atoms with E-state index in [1.165, 1.54) is 12.1 Å². The minimum absolute atomic E-state index is 0.264. The van der Waals surface area contributed by atoms with Gasteiger partial charge in [-0.25, -0.2) is 8.78 Å². The molecule has 0 aliphatic carbocycles. The van der Waals surface area contributed by atoms with Crippen LogP contribution in [0.5, 0.6) is 0 Å². The molecule has 0 aromatic heterocycles. The molecule has 0 radical (unpaired) electrons. The van der Waals surface area contributed by atoms with Crippen molar-refractivity contribution in [2.75, 3.05) is 23.9 Å². The first-order valence-corrected chi connectivity index (χ1v) is 7.26. The Kier molecular flexibility index (Phi) is 6.34. The highest BCUT2D eigenvalue weighted by Gasteiger charge is 2.25. The Morgan fingerprint density at radius 2 is 2.00 bits per heavy atom. The third kappa shape index (κ3) is 5.15. The summed E-state index contributed by atoms with van der Waals surface area (Å²) in [6.07, 6.45) is 1.89. The minimum atomic E-state index is -0.643. The van der Waals surface area contributed by atoms with Crippen LogP contribution in [0.2, 0.25) is 0 Å². The van der Waals surface area contributed by atoms with Gasteiger partial charge < -0.3 is 4.90 Å². The van der Waals surface area contributed by atoms with Crippen LogP contribution >= 0.6 is 23.2 Å². The van der Waals surface area contributed by atoms with Crippen molar-refractivity contribution in [1.82, 2.24) is 0 Å². The summed E-state index contributed by atoms with van der Waals surface area (Å²) >= 11 is 12.1. The normalized spacial score (nSPS) is 14.2. The van der Waals surface area contributed by atoms with E-state index in [0.717, 1.165) is 18.9 Å². The van der Waals surface area contributed by atoms with Crippen molar-refractivity contribution in [3.63, 3.8) is 0 Å². The molecule has 0 bridgehead atoms. The smallest absolute Gasteiger partial charge is 0.149 e. The maximum Gasteiger partial charge on any atom is 0.149 e. The van der Waals surface area contributed by atoms with Gasteiger partial charge in [0.2, 0.25) is 0 Å². The molecule has 0 N–H and O–H groups in total. The lowest BCUT2D eigenvalue weighted by atomic mass is 10.1. The van der Waals surface area contributed by atoms with Gasteiger partial charge in [0.05, 0.1) is 10.6 Å². The Morgan fingerprint density at radius 3 is 2.53 bits per heavy atom. The van der Waals surface area contributed by atoms with E-state index in [9.17, 15) is 8.78 Å². The zero-order valence-electron chi connectivity index (χ0n) is 11.2. The van der Waals surface area contributed by atoms with Crippen molar-refractivity contribution >= 4 is 28.9 Å². The molecule has 0 aliphatic rings. The number of rotatable bonds is 7. The summed E-state index contributed by atoms with van der Waals surface area (Å²) in [6, 6.07) is 3.59. The lowest BCUT2D eigenvalue weighted by Crippen LogP contribution is -2.39. The van der Waals surface area contributed by atoms with E-state index in [-0.39, 0.29) is 5.88 Å². The molecule has 0 heterocycles. The predicted octanol–water partition coefficient (Wildman–Crippen LogP) is 4.81. The summed E-state index contributed by atoms with van der Waals surface area (Å²) in [7, 11) is 0. The third-order valence-corrected chi connectivity index (χ3v) is 3.81. The van der Waals surface area contributed by atoms with E-state index < -0.39 is 16.5 Å². The zero-order valence-corrected chi connectivity index (χ0v) is 12.7. The number of unbranched alkanes of at least 4 members (excludes halogenated alkanes) is 1. The molecule has 5 heteroatoms. The molecule has 0 spiro atoms. The fourth-order valence-electron chi connectivity index (χ4n) is 1.81. The van der Waals surface area contributed by atoms with Crippen molar-refractivity contribution < 1.29 is 8.78 Å². The molecule has 1 unspecified atom stereocenters. The Labute approximate surface area is 123 Å². The zero-order chi connectivity index (χ0) is 14.5. The molecular formula is C14H19Cl2F2N. The highest BCUT2D eigenvalue weighted by atomic mass is 35.5. The van der Waals surface area contributed by atoms with Gasteiger partial charge in [-0.2, -0.15) is 0 Å². The second-order valence-electron chi connectivity index (χ2n) is 4.92. The van der Waals surface area contributed by atoms with Crippen molar-refractivity contribution in [2.24, 2.45) is 0 Å². The van der Waals surface area contributed by atoms with Crippen LogP contribution < -0.4 is 4.90 Å². The molecule has 108 valence electrons. The molecule has 0 saturated carbocycles. The summed E-state index contributed by atoms with van der Waals surface area (Å²) in [6.45, 7) is 4.95. The highest BCUT2D eigenvalue weighted by Crippen LogP contribution is 2.26. The first-order chi connectivity index (χ1) is 8.89. The monoisotopic (exact) mass is 309 g/mol. The van der Waals surface area contributed by atoms with Gasteiger partial charge in [0.1, 0.15) is 11.6 Å². The molecule has 1 rings (SSSR count). The van der Waals surface area contributed by atoms with Gasteiger partial charge in [0.15, 0.2) is 0 Å². The van der Waals surface area contributed by atoms with E-state index in [1.54, 1.807) is 0 Å². The van der Waals surface area contributed by atoms with Crippen LogP contribution in [0.1, 0.15) is 26.7 Å². The van der Waals surface area contributed by atoms with Crippen molar-refractivity contribution in [1.29, 1.82) is 0 Å². The van der Waals surface area contributed by atoms with Crippen LogP contribution in [0.3, 0.4) is 0 Å². The van der Waals surface area contributed by atoms with Crippen LogP contribution in [0, 0.1) is 11.6 Å². The molecule has 1 aromatic rings.